The van der Waals surface area contributed by atoms with Gasteiger partial charge in [-0.05, 0) is 95.8 Å². The number of nitrogens with zero attached hydrogens (tertiary/aromatic N) is 12. The topological polar surface area (TPSA) is 243 Å². The summed E-state index contributed by atoms with van der Waals surface area (Å²) in [6.07, 6.45) is 5.50. The van der Waals surface area contributed by atoms with E-state index >= 15 is 0 Å². The summed E-state index contributed by atoms with van der Waals surface area (Å²) in [5.41, 5.74) is 9.63. The lowest BCUT2D eigenvalue weighted by Gasteiger charge is -2.17. The highest BCUT2D eigenvalue weighted by Gasteiger charge is 2.25. The molecule has 0 saturated carbocycles. The van der Waals surface area contributed by atoms with Gasteiger partial charge in [-0.15, -0.1) is 5.10 Å². The zero-order chi connectivity index (χ0) is 31.7. The van der Waals surface area contributed by atoms with Crippen molar-refractivity contribution >= 4 is 17.7 Å². The normalized spacial score (nSPS) is 11.1. The average Bonchev–Trinajstić information content (AvgIpc) is 3.00. The second kappa shape index (κ2) is 16.4. The SMILES string of the molecule is C=C(C)c1ccc(C)cc1-c1c(O)cc(C#CC#C/C=N/N=N/N=N/N=N/N=N/N=N)c(C(=O)NCc2cncnc2)c1O. The van der Waals surface area contributed by atoms with E-state index in [4.69, 9.17) is 5.53 Å². The third kappa shape index (κ3) is 9.08. The van der Waals surface area contributed by atoms with Crippen molar-refractivity contribution in [3.63, 3.8) is 0 Å². The second-order valence-corrected chi connectivity index (χ2v) is 8.38. The summed E-state index contributed by atoms with van der Waals surface area (Å²) in [5.74, 6) is 8.77. The zero-order valence-electron chi connectivity index (χ0n) is 23.2. The molecular weight excluding hydrogens is 568 g/mol. The van der Waals surface area contributed by atoms with Gasteiger partial charge in [0.2, 0.25) is 0 Å². The Morgan fingerprint density at radius 1 is 1.02 bits per heavy atom. The molecule has 17 heteroatoms. The predicted octanol–water partition coefficient (Wildman–Crippen LogP) is 5.67. The molecule has 0 spiro atoms. The molecule has 0 radical (unpaired) electrons. The van der Waals surface area contributed by atoms with Crippen LogP contribution in [0.4, 0.5) is 0 Å². The van der Waals surface area contributed by atoms with Gasteiger partial charge in [-0.2, -0.15) is 5.53 Å². The van der Waals surface area contributed by atoms with Crippen LogP contribution in [0, 0.1) is 36.1 Å². The number of amides is 1. The van der Waals surface area contributed by atoms with E-state index in [2.05, 4.69) is 97.7 Å². The number of nitrogens with one attached hydrogen (secondary N) is 2. The fraction of sp³-hybridized carbons (Fsp3) is 0.111. The van der Waals surface area contributed by atoms with E-state index < -0.39 is 11.7 Å². The van der Waals surface area contributed by atoms with Gasteiger partial charge >= 0.3 is 0 Å². The summed E-state index contributed by atoms with van der Waals surface area (Å²) in [7, 11) is 0. The van der Waals surface area contributed by atoms with Crippen LogP contribution in [0.15, 0.2) is 102 Å². The van der Waals surface area contributed by atoms with Crippen molar-refractivity contribution in [2.75, 3.05) is 0 Å². The van der Waals surface area contributed by atoms with Gasteiger partial charge in [0.25, 0.3) is 5.91 Å². The van der Waals surface area contributed by atoms with Crippen molar-refractivity contribution < 1.29 is 15.0 Å². The van der Waals surface area contributed by atoms with Gasteiger partial charge in [0, 0.05) is 30.1 Å². The van der Waals surface area contributed by atoms with Gasteiger partial charge in [-0.3, -0.25) is 4.79 Å². The molecule has 0 bridgehead atoms. The molecule has 2 aromatic carbocycles. The molecule has 0 fully saturated rings. The first kappa shape index (κ1) is 31.6. The summed E-state index contributed by atoms with van der Waals surface area (Å²) < 4.78 is 0. The van der Waals surface area contributed by atoms with Crippen LogP contribution in [-0.4, -0.2) is 32.3 Å². The molecule has 0 saturated heterocycles. The first-order chi connectivity index (χ1) is 21.3. The molecule has 1 heterocycles. The van der Waals surface area contributed by atoms with E-state index in [1.54, 1.807) is 25.4 Å². The Balaban J connectivity index is 1.93. The average molecular weight is 591 g/mol. The highest BCUT2D eigenvalue weighted by atomic mass is 16.3. The van der Waals surface area contributed by atoms with Crippen molar-refractivity contribution in [1.29, 1.82) is 5.53 Å². The minimum atomic E-state index is -0.653. The molecule has 44 heavy (non-hydrogen) atoms. The molecular formula is C27H22N14O3. The number of benzene rings is 2. The standard InChI is InChI=1S/C27H22N14O3/c1-17(2)21-9-8-18(3)11-22(21)25-23(42)12-20(24(26(25)43)27(44)31-15-19-13-29-16-30-14-19)7-5-4-6-10-32-34-36-38-40-41-39-37-35-33-28/h8-14,16,28,42-43H,1,15H2,2-3H3,(H,31,44)/b32-10+,33-28?,36-34+,37-35+,40-38+,41-39+. The van der Waals surface area contributed by atoms with Gasteiger partial charge in [-0.25, -0.2) is 9.97 Å². The zero-order valence-corrected chi connectivity index (χ0v) is 23.2. The number of rotatable bonds is 10. The number of carbonyl (C=O) groups is 1. The molecule has 0 aliphatic carbocycles. The van der Waals surface area contributed by atoms with Crippen LogP contribution >= 0.6 is 0 Å². The number of phenols is 2. The molecule has 1 aromatic heterocycles. The predicted molar refractivity (Wildman–Crippen MR) is 156 cm³/mol. The lowest BCUT2D eigenvalue weighted by molar-refractivity contribution is 0.0948. The maximum atomic E-state index is 13.4. The first-order valence-electron chi connectivity index (χ1n) is 12.2. The number of carbonyl (C=O) groups excluding carboxylic acids is 1. The molecule has 3 aromatic rings. The van der Waals surface area contributed by atoms with Gasteiger partial charge in [0.1, 0.15) is 24.0 Å². The summed E-state index contributed by atoms with van der Waals surface area (Å²) in [4.78, 5) is 21.2. The molecule has 17 nitrogen and oxygen atoms in total. The van der Waals surface area contributed by atoms with Gasteiger partial charge in [0.15, 0.2) is 0 Å². The third-order valence-electron chi connectivity index (χ3n) is 5.31. The maximum Gasteiger partial charge on any atom is 0.256 e. The molecule has 0 unspecified atom stereocenters. The van der Waals surface area contributed by atoms with Crippen LogP contribution < -0.4 is 5.32 Å². The Bertz CT molecular complexity index is 1830. The highest BCUT2D eigenvalue weighted by molar-refractivity contribution is 6.03. The van der Waals surface area contributed by atoms with E-state index in [9.17, 15) is 15.0 Å². The highest BCUT2D eigenvalue weighted by Crippen LogP contribution is 2.44. The Hall–Kier alpha value is -6.88. The molecule has 0 aliphatic rings. The summed E-state index contributed by atoms with van der Waals surface area (Å²) in [6, 6.07) is 6.77. The molecule has 218 valence electrons. The minimum Gasteiger partial charge on any atom is -0.507 e. The van der Waals surface area contributed by atoms with Crippen molar-refractivity contribution in [1.82, 2.24) is 15.3 Å². The van der Waals surface area contributed by atoms with E-state index in [1.807, 2.05) is 19.1 Å². The molecule has 0 atom stereocenters. The summed E-state index contributed by atoms with van der Waals surface area (Å²) >= 11 is 0. The minimum absolute atomic E-state index is 0.0199. The molecule has 4 N–H and O–H groups in total. The number of phenolic OH excluding ortho intramolecular Hbond substituents is 2. The van der Waals surface area contributed by atoms with E-state index in [0.29, 0.717) is 22.3 Å². The fourth-order valence-corrected chi connectivity index (χ4v) is 3.55. The maximum absolute atomic E-state index is 13.4. The van der Waals surface area contributed by atoms with Crippen molar-refractivity contribution in [3.8, 4) is 46.3 Å². The number of aryl methyl sites for hydroxylation is 1. The van der Waals surface area contributed by atoms with Crippen molar-refractivity contribution in [3.05, 3.63) is 77.4 Å². The van der Waals surface area contributed by atoms with E-state index in [0.717, 1.165) is 11.8 Å². The van der Waals surface area contributed by atoms with E-state index in [1.165, 1.54) is 12.4 Å². The Morgan fingerprint density at radius 2 is 1.70 bits per heavy atom. The van der Waals surface area contributed by atoms with Gasteiger partial charge in [-0.1, -0.05) is 41.8 Å². The number of aromatic nitrogens is 2. The summed E-state index contributed by atoms with van der Waals surface area (Å²) in [6.45, 7) is 7.73. The monoisotopic (exact) mass is 590 g/mol. The van der Waals surface area contributed by atoms with Crippen LogP contribution in [0.2, 0.25) is 0 Å². The Morgan fingerprint density at radius 3 is 2.39 bits per heavy atom. The lowest BCUT2D eigenvalue weighted by Crippen LogP contribution is -2.24. The number of hydrogen-bond acceptors (Lipinski definition) is 7. The number of allylic oxidation sites excluding steroid dienone is 1. The molecule has 0 aliphatic heterocycles. The number of hydrogen-bond donors (Lipinski definition) is 4. The van der Waals surface area contributed by atoms with Crippen molar-refractivity contribution in [2.24, 2.45) is 52.1 Å². The van der Waals surface area contributed by atoms with Gasteiger partial charge < -0.3 is 15.5 Å². The quantitative estimate of drug-likeness (QED) is 0.101. The van der Waals surface area contributed by atoms with Gasteiger partial charge in [0.05, 0.1) is 11.1 Å². The molecule has 3 rings (SSSR count). The van der Waals surface area contributed by atoms with Crippen LogP contribution in [0.1, 0.15) is 39.5 Å². The largest absolute Gasteiger partial charge is 0.507 e. The lowest BCUT2D eigenvalue weighted by atomic mass is 9.90. The first-order valence-corrected chi connectivity index (χ1v) is 12.2. The number of aromatic hydroxyl groups is 2. The van der Waals surface area contributed by atoms with Crippen molar-refractivity contribution in [2.45, 2.75) is 20.4 Å². The van der Waals surface area contributed by atoms with Crippen LogP contribution in [-0.2, 0) is 6.54 Å². The van der Waals surface area contributed by atoms with Crippen LogP contribution in [0.5, 0.6) is 11.5 Å². The molecule has 1 amide bonds. The second-order valence-electron chi connectivity index (χ2n) is 8.38. The Labute approximate surface area is 249 Å². The Kier molecular flexibility index (Phi) is 11.8. The smallest absolute Gasteiger partial charge is 0.256 e. The van der Waals surface area contributed by atoms with Crippen LogP contribution in [0.25, 0.3) is 16.7 Å². The third-order valence-corrected chi connectivity index (χ3v) is 5.31. The van der Waals surface area contributed by atoms with Crippen LogP contribution in [0.3, 0.4) is 0 Å². The summed E-state index contributed by atoms with van der Waals surface area (Å²) in [5, 5.41) is 55.7. The fourth-order valence-electron chi connectivity index (χ4n) is 3.55. The van der Waals surface area contributed by atoms with E-state index in [-0.39, 0.29) is 29.0 Å².